The van der Waals surface area contributed by atoms with Gasteiger partial charge in [-0.25, -0.2) is 9.37 Å². The monoisotopic (exact) mass is 471 g/mol. The molecule has 33 heavy (non-hydrogen) atoms. The van der Waals surface area contributed by atoms with E-state index >= 15 is 0 Å². The number of fused-ring (bicyclic) bond motifs is 1. The van der Waals surface area contributed by atoms with Crippen LogP contribution in [0.2, 0.25) is 5.02 Å². The number of benzene rings is 1. The van der Waals surface area contributed by atoms with E-state index in [1.54, 1.807) is 6.20 Å². The lowest BCUT2D eigenvalue weighted by Crippen LogP contribution is -2.54. The van der Waals surface area contributed by atoms with Gasteiger partial charge in [0, 0.05) is 54.9 Å². The summed E-state index contributed by atoms with van der Waals surface area (Å²) in [6.45, 7) is 2.72. The Kier molecular flexibility index (Phi) is 5.58. The molecule has 1 atom stereocenters. The number of amides is 1. The molecule has 2 saturated carbocycles. The number of carbonyl (C=O) groups is 1. The highest BCUT2D eigenvalue weighted by atomic mass is 35.5. The number of rotatable bonds is 4. The molecule has 1 N–H and O–H groups in total. The van der Waals surface area contributed by atoms with Crippen molar-refractivity contribution < 1.29 is 13.9 Å². The van der Waals surface area contributed by atoms with Crippen LogP contribution in [-0.4, -0.2) is 54.3 Å². The van der Waals surface area contributed by atoms with E-state index in [2.05, 4.69) is 21.3 Å². The van der Waals surface area contributed by atoms with Crippen LogP contribution in [0.5, 0.6) is 0 Å². The molecule has 1 aromatic carbocycles. The Morgan fingerprint density at radius 1 is 1.12 bits per heavy atom. The van der Waals surface area contributed by atoms with Crippen LogP contribution in [0.25, 0.3) is 10.8 Å². The van der Waals surface area contributed by atoms with Crippen LogP contribution >= 0.6 is 11.6 Å². The van der Waals surface area contributed by atoms with Crippen molar-refractivity contribution in [2.45, 2.75) is 63.1 Å². The SMILES string of the molecule is O=C(Nc1cc2cc(C3CCC(N4CC(F)C4)CC3)c(Cl)cc2cn1)[C@H]1CC12CCOCC2. The molecular formula is C26H31ClFN3O2. The number of nitrogens with zero attached hydrogens (tertiary/aromatic N) is 2. The van der Waals surface area contributed by atoms with E-state index in [0.717, 1.165) is 74.0 Å². The summed E-state index contributed by atoms with van der Waals surface area (Å²) in [6, 6.07) is 6.66. The highest BCUT2D eigenvalue weighted by molar-refractivity contribution is 6.32. The first kappa shape index (κ1) is 21.8. The molecule has 4 aliphatic rings. The minimum atomic E-state index is -0.636. The van der Waals surface area contributed by atoms with Crippen molar-refractivity contribution in [1.29, 1.82) is 0 Å². The van der Waals surface area contributed by atoms with Crippen LogP contribution in [0.1, 0.15) is 56.4 Å². The number of nitrogens with one attached hydrogen (secondary N) is 1. The molecular weight excluding hydrogens is 441 g/mol. The zero-order chi connectivity index (χ0) is 22.6. The van der Waals surface area contributed by atoms with Gasteiger partial charge in [0.2, 0.25) is 5.91 Å². The molecule has 3 heterocycles. The highest BCUT2D eigenvalue weighted by Crippen LogP contribution is 2.59. The molecule has 2 aliphatic carbocycles. The standard InChI is InChI=1S/C26H31ClFN3O2/c27-23-10-18-13-29-24(30-25(32)22-12-26(22)5-7-33-8-6-26)11-17(18)9-21(23)16-1-3-20(4-2-16)31-14-19(28)15-31/h9-11,13,16,19-20,22H,1-8,12,14-15H2,(H,29,30,32)/t16?,20?,22-/m1/s1. The van der Waals surface area contributed by atoms with Gasteiger partial charge in [-0.15, -0.1) is 0 Å². The predicted molar refractivity (Wildman–Crippen MR) is 127 cm³/mol. The summed E-state index contributed by atoms with van der Waals surface area (Å²) >= 11 is 6.68. The third-order valence-electron chi connectivity index (χ3n) is 8.60. The van der Waals surface area contributed by atoms with Gasteiger partial charge in [0.05, 0.1) is 0 Å². The van der Waals surface area contributed by atoms with E-state index < -0.39 is 6.17 Å². The Balaban J connectivity index is 1.14. The summed E-state index contributed by atoms with van der Waals surface area (Å²) in [7, 11) is 0. The van der Waals surface area contributed by atoms with Gasteiger partial charge in [-0.3, -0.25) is 9.69 Å². The Morgan fingerprint density at radius 3 is 2.61 bits per heavy atom. The lowest BCUT2D eigenvalue weighted by atomic mass is 9.80. The average Bonchev–Trinajstić information content (AvgIpc) is 3.50. The predicted octanol–water partition coefficient (Wildman–Crippen LogP) is 5.32. The minimum Gasteiger partial charge on any atom is -0.381 e. The largest absolute Gasteiger partial charge is 0.381 e. The van der Waals surface area contributed by atoms with E-state index in [9.17, 15) is 9.18 Å². The molecule has 5 nitrogen and oxygen atoms in total. The molecule has 4 fully saturated rings. The maximum atomic E-state index is 13.2. The van der Waals surface area contributed by atoms with Gasteiger partial charge in [0.15, 0.2) is 0 Å². The number of hydrogen-bond donors (Lipinski definition) is 1. The van der Waals surface area contributed by atoms with Crippen molar-refractivity contribution in [2.75, 3.05) is 31.6 Å². The van der Waals surface area contributed by atoms with Crippen molar-refractivity contribution in [1.82, 2.24) is 9.88 Å². The summed E-state index contributed by atoms with van der Waals surface area (Å²) in [4.78, 5) is 19.6. The maximum absolute atomic E-state index is 13.2. The van der Waals surface area contributed by atoms with Crippen molar-refractivity contribution in [3.8, 4) is 0 Å². The summed E-state index contributed by atoms with van der Waals surface area (Å²) in [5, 5.41) is 5.89. The number of ether oxygens (including phenoxy) is 1. The van der Waals surface area contributed by atoms with Gasteiger partial charge < -0.3 is 10.1 Å². The van der Waals surface area contributed by atoms with E-state index in [1.807, 2.05) is 12.1 Å². The number of anilines is 1. The van der Waals surface area contributed by atoms with Crippen LogP contribution in [0.3, 0.4) is 0 Å². The quantitative estimate of drug-likeness (QED) is 0.655. The molecule has 2 saturated heterocycles. The summed E-state index contributed by atoms with van der Waals surface area (Å²) in [6.07, 6.45) is 8.42. The first-order valence-corrected chi connectivity index (χ1v) is 12.7. The second-order valence-corrected chi connectivity index (χ2v) is 11.0. The Morgan fingerprint density at radius 2 is 1.88 bits per heavy atom. The van der Waals surface area contributed by atoms with Gasteiger partial charge in [0.1, 0.15) is 12.0 Å². The normalized spacial score (nSPS) is 29.7. The molecule has 1 aromatic heterocycles. The van der Waals surface area contributed by atoms with Crippen molar-refractivity contribution in [3.63, 3.8) is 0 Å². The number of hydrogen-bond acceptors (Lipinski definition) is 4. The molecule has 0 radical (unpaired) electrons. The second-order valence-electron chi connectivity index (χ2n) is 10.6. The fourth-order valence-electron chi connectivity index (χ4n) is 6.33. The molecule has 0 unspecified atom stereocenters. The molecule has 2 aromatic rings. The minimum absolute atomic E-state index is 0.0777. The number of pyridine rings is 1. The fourth-order valence-corrected chi connectivity index (χ4v) is 6.66. The van der Waals surface area contributed by atoms with E-state index in [-0.39, 0.29) is 17.2 Å². The van der Waals surface area contributed by atoms with Gasteiger partial charge in [-0.2, -0.15) is 0 Å². The third-order valence-corrected chi connectivity index (χ3v) is 8.93. The van der Waals surface area contributed by atoms with Gasteiger partial charge in [-0.05, 0) is 85.4 Å². The number of alkyl halides is 1. The third kappa shape index (κ3) is 4.15. The van der Waals surface area contributed by atoms with Crippen molar-refractivity contribution in [3.05, 3.63) is 35.0 Å². The van der Waals surface area contributed by atoms with Crippen LogP contribution < -0.4 is 5.32 Å². The number of carbonyl (C=O) groups excluding carboxylic acids is 1. The zero-order valence-electron chi connectivity index (χ0n) is 18.9. The number of halogens is 2. The van der Waals surface area contributed by atoms with Gasteiger partial charge in [0.25, 0.3) is 0 Å². The summed E-state index contributed by atoms with van der Waals surface area (Å²) in [5.74, 6) is 1.19. The molecule has 176 valence electrons. The van der Waals surface area contributed by atoms with Crippen LogP contribution in [0, 0.1) is 11.3 Å². The first-order valence-electron chi connectivity index (χ1n) is 12.4. The molecule has 1 amide bonds. The topological polar surface area (TPSA) is 54.5 Å². The maximum Gasteiger partial charge on any atom is 0.229 e. The molecule has 0 bridgehead atoms. The summed E-state index contributed by atoms with van der Waals surface area (Å²) in [5.41, 5.74) is 1.33. The second kappa shape index (κ2) is 8.47. The number of aromatic nitrogens is 1. The molecule has 6 rings (SSSR count). The zero-order valence-corrected chi connectivity index (χ0v) is 19.6. The van der Waals surface area contributed by atoms with Crippen LogP contribution in [-0.2, 0) is 9.53 Å². The summed E-state index contributed by atoms with van der Waals surface area (Å²) < 4.78 is 18.7. The fraction of sp³-hybridized carbons (Fsp3) is 0.615. The smallest absolute Gasteiger partial charge is 0.229 e. The highest BCUT2D eigenvalue weighted by Gasteiger charge is 2.58. The Hall–Kier alpha value is -1.76. The van der Waals surface area contributed by atoms with Gasteiger partial charge >= 0.3 is 0 Å². The van der Waals surface area contributed by atoms with E-state index in [4.69, 9.17) is 16.3 Å². The first-order chi connectivity index (χ1) is 16.0. The van der Waals surface area contributed by atoms with E-state index in [1.165, 1.54) is 5.56 Å². The van der Waals surface area contributed by atoms with E-state index in [0.29, 0.717) is 30.9 Å². The number of likely N-dealkylation sites (tertiary alicyclic amines) is 1. The average molecular weight is 472 g/mol. The Bertz CT molecular complexity index is 1060. The van der Waals surface area contributed by atoms with Crippen molar-refractivity contribution in [2.24, 2.45) is 11.3 Å². The Labute approximate surface area is 199 Å². The van der Waals surface area contributed by atoms with Crippen LogP contribution in [0.15, 0.2) is 24.4 Å². The lowest BCUT2D eigenvalue weighted by Gasteiger charge is -2.43. The van der Waals surface area contributed by atoms with Gasteiger partial charge in [-0.1, -0.05) is 11.6 Å². The lowest BCUT2D eigenvalue weighted by molar-refractivity contribution is -0.118. The van der Waals surface area contributed by atoms with Crippen molar-refractivity contribution >= 4 is 34.1 Å². The molecule has 7 heteroatoms. The molecule has 1 spiro atoms. The van der Waals surface area contributed by atoms with Crippen LogP contribution in [0.4, 0.5) is 10.2 Å². The molecule has 2 aliphatic heterocycles.